The minimum absolute atomic E-state index is 0.0143. The zero-order valence-corrected chi connectivity index (χ0v) is 13.2. The van der Waals surface area contributed by atoms with Crippen LogP contribution in [0.5, 0.6) is 0 Å². The molecule has 3 heterocycles. The van der Waals surface area contributed by atoms with Crippen molar-refractivity contribution in [2.45, 2.75) is 26.8 Å². The standard InChI is InChI=1S/C14H18N4O2S/c1-8-6-15-13(16-8)11-7-20-5-4-18(11)14(19)12-9(2)17-10(3)21-12/h6,11H,4-5,7H2,1-3H3,(H,15,16)/t11-/m0/s1. The van der Waals surface area contributed by atoms with E-state index in [0.717, 1.165) is 22.2 Å². The van der Waals surface area contributed by atoms with E-state index in [9.17, 15) is 4.79 Å². The van der Waals surface area contributed by atoms with Gasteiger partial charge in [-0.2, -0.15) is 0 Å². The van der Waals surface area contributed by atoms with Crippen molar-refractivity contribution < 1.29 is 9.53 Å². The second kappa shape index (κ2) is 5.57. The van der Waals surface area contributed by atoms with Crippen molar-refractivity contribution in [1.82, 2.24) is 19.9 Å². The van der Waals surface area contributed by atoms with E-state index in [1.54, 1.807) is 6.20 Å². The molecule has 1 saturated heterocycles. The number of nitrogens with zero attached hydrogens (tertiary/aromatic N) is 3. The minimum atomic E-state index is -0.165. The Bertz CT molecular complexity index is 664. The van der Waals surface area contributed by atoms with Gasteiger partial charge in [-0.1, -0.05) is 0 Å². The predicted molar refractivity (Wildman–Crippen MR) is 79.5 cm³/mol. The number of aromatic nitrogens is 3. The van der Waals surface area contributed by atoms with Crippen molar-refractivity contribution in [3.05, 3.63) is 33.3 Å². The topological polar surface area (TPSA) is 71.1 Å². The molecule has 7 heteroatoms. The summed E-state index contributed by atoms with van der Waals surface area (Å²) in [5.41, 5.74) is 1.77. The first-order valence-corrected chi connectivity index (χ1v) is 7.72. The first-order chi connectivity index (χ1) is 10.1. The van der Waals surface area contributed by atoms with Crippen molar-refractivity contribution >= 4 is 17.2 Å². The van der Waals surface area contributed by atoms with Crippen LogP contribution >= 0.6 is 11.3 Å². The fraction of sp³-hybridized carbons (Fsp3) is 0.500. The number of imidazole rings is 1. The molecule has 2 aromatic heterocycles. The summed E-state index contributed by atoms with van der Waals surface area (Å²) >= 11 is 1.44. The molecule has 1 amide bonds. The number of morpholine rings is 1. The number of ether oxygens (including phenoxy) is 1. The van der Waals surface area contributed by atoms with E-state index in [1.807, 2.05) is 25.7 Å². The average Bonchev–Trinajstić information content (AvgIpc) is 3.04. The zero-order chi connectivity index (χ0) is 15.0. The number of carbonyl (C=O) groups is 1. The van der Waals surface area contributed by atoms with Gasteiger partial charge in [0.2, 0.25) is 0 Å². The molecule has 1 atom stereocenters. The van der Waals surface area contributed by atoms with Gasteiger partial charge in [0, 0.05) is 18.4 Å². The van der Waals surface area contributed by atoms with Gasteiger partial charge in [-0.3, -0.25) is 4.79 Å². The molecule has 1 aliphatic heterocycles. The van der Waals surface area contributed by atoms with Gasteiger partial charge in [0.15, 0.2) is 0 Å². The van der Waals surface area contributed by atoms with Gasteiger partial charge in [0.25, 0.3) is 5.91 Å². The molecule has 1 aliphatic rings. The normalized spacial score (nSPS) is 19.0. The van der Waals surface area contributed by atoms with Gasteiger partial charge in [-0.15, -0.1) is 11.3 Å². The van der Waals surface area contributed by atoms with E-state index in [-0.39, 0.29) is 11.9 Å². The molecule has 3 rings (SSSR count). The van der Waals surface area contributed by atoms with Gasteiger partial charge < -0.3 is 14.6 Å². The molecule has 0 bridgehead atoms. The van der Waals surface area contributed by atoms with Crippen LogP contribution in [0.4, 0.5) is 0 Å². The van der Waals surface area contributed by atoms with E-state index >= 15 is 0 Å². The molecular formula is C14H18N4O2S. The molecular weight excluding hydrogens is 288 g/mol. The summed E-state index contributed by atoms with van der Waals surface area (Å²) in [6.45, 7) is 7.33. The third-order valence-electron chi connectivity index (χ3n) is 3.53. The first kappa shape index (κ1) is 14.2. The molecule has 21 heavy (non-hydrogen) atoms. The molecule has 0 aromatic carbocycles. The largest absolute Gasteiger partial charge is 0.377 e. The second-order valence-corrected chi connectivity index (χ2v) is 6.39. The van der Waals surface area contributed by atoms with Crippen LogP contribution in [0.3, 0.4) is 0 Å². The SMILES string of the molecule is Cc1cnc([C@@H]2COCCN2C(=O)c2sc(C)nc2C)[nH]1. The molecule has 0 aliphatic carbocycles. The third-order valence-corrected chi connectivity index (χ3v) is 4.59. The Hall–Kier alpha value is -1.73. The Morgan fingerprint density at radius 2 is 2.29 bits per heavy atom. The lowest BCUT2D eigenvalue weighted by molar-refractivity contribution is -0.00480. The van der Waals surface area contributed by atoms with Crippen molar-refractivity contribution in [3.8, 4) is 0 Å². The Labute approximate surface area is 127 Å². The van der Waals surface area contributed by atoms with Crippen LogP contribution in [-0.2, 0) is 4.74 Å². The summed E-state index contributed by atoms with van der Waals surface area (Å²) in [5, 5.41) is 0.912. The number of hydrogen-bond acceptors (Lipinski definition) is 5. The molecule has 0 radical (unpaired) electrons. The predicted octanol–water partition coefficient (Wildman–Crippen LogP) is 2.01. The molecule has 112 valence electrons. The number of nitrogens with one attached hydrogen (secondary N) is 1. The minimum Gasteiger partial charge on any atom is -0.377 e. The number of rotatable bonds is 2. The van der Waals surface area contributed by atoms with Crippen LogP contribution < -0.4 is 0 Å². The summed E-state index contributed by atoms with van der Waals surface area (Å²) in [7, 11) is 0. The summed E-state index contributed by atoms with van der Waals surface area (Å²) < 4.78 is 5.53. The van der Waals surface area contributed by atoms with E-state index in [2.05, 4.69) is 15.0 Å². The third kappa shape index (κ3) is 2.71. The van der Waals surface area contributed by atoms with Gasteiger partial charge >= 0.3 is 0 Å². The fourth-order valence-corrected chi connectivity index (χ4v) is 3.41. The number of amides is 1. The van der Waals surface area contributed by atoms with Gasteiger partial charge in [0.05, 0.1) is 23.9 Å². The Balaban J connectivity index is 1.90. The maximum atomic E-state index is 12.8. The molecule has 6 nitrogen and oxygen atoms in total. The Kier molecular flexibility index (Phi) is 3.77. The van der Waals surface area contributed by atoms with Crippen LogP contribution in [-0.4, -0.2) is 45.5 Å². The highest BCUT2D eigenvalue weighted by Gasteiger charge is 2.32. The van der Waals surface area contributed by atoms with Crippen LogP contribution in [0, 0.1) is 20.8 Å². The average molecular weight is 306 g/mol. The maximum absolute atomic E-state index is 12.8. The number of hydrogen-bond donors (Lipinski definition) is 1. The molecule has 1 N–H and O–H groups in total. The Morgan fingerprint density at radius 1 is 1.48 bits per heavy atom. The van der Waals surface area contributed by atoms with Crippen molar-refractivity contribution in [1.29, 1.82) is 0 Å². The smallest absolute Gasteiger partial charge is 0.266 e. The van der Waals surface area contributed by atoms with Crippen LogP contribution in [0.1, 0.15) is 37.9 Å². The highest BCUT2D eigenvalue weighted by molar-refractivity contribution is 7.13. The van der Waals surface area contributed by atoms with Crippen molar-refractivity contribution in [2.75, 3.05) is 19.8 Å². The number of aromatic amines is 1. The number of carbonyl (C=O) groups excluding carboxylic acids is 1. The van der Waals surface area contributed by atoms with E-state index in [1.165, 1.54) is 11.3 Å². The summed E-state index contributed by atoms with van der Waals surface area (Å²) in [6.07, 6.45) is 1.77. The summed E-state index contributed by atoms with van der Waals surface area (Å²) in [4.78, 5) is 27.3. The molecule has 1 fully saturated rings. The lowest BCUT2D eigenvalue weighted by Gasteiger charge is -2.34. The molecule has 0 unspecified atom stereocenters. The van der Waals surface area contributed by atoms with E-state index in [0.29, 0.717) is 24.6 Å². The van der Waals surface area contributed by atoms with Crippen LogP contribution in [0.15, 0.2) is 6.20 Å². The fourth-order valence-electron chi connectivity index (χ4n) is 2.54. The molecule has 0 spiro atoms. The summed E-state index contributed by atoms with van der Waals surface area (Å²) in [5.74, 6) is 0.792. The van der Waals surface area contributed by atoms with E-state index < -0.39 is 0 Å². The van der Waals surface area contributed by atoms with Gasteiger partial charge in [0.1, 0.15) is 16.7 Å². The lowest BCUT2D eigenvalue weighted by Crippen LogP contribution is -2.43. The van der Waals surface area contributed by atoms with E-state index in [4.69, 9.17) is 4.74 Å². The highest BCUT2D eigenvalue weighted by Crippen LogP contribution is 2.27. The van der Waals surface area contributed by atoms with Crippen molar-refractivity contribution in [2.24, 2.45) is 0 Å². The zero-order valence-electron chi connectivity index (χ0n) is 12.3. The monoisotopic (exact) mass is 306 g/mol. The molecule has 2 aromatic rings. The quantitative estimate of drug-likeness (QED) is 0.921. The lowest BCUT2D eigenvalue weighted by atomic mass is 10.2. The summed E-state index contributed by atoms with van der Waals surface area (Å²) in [6, 6.07) is -0.165. The number of aryl methyl sites for hydroxylation is 3. The number of H-pyrrole nitrogens is 1. The first-order valence-electron chi connectivity index (χ1n) is 6.90. The second-order valence-electron chi connectivity index (χ2n) is 5.19. The van der Waals surface area contributed by atoms with Gasteiger partial charge in [-0.05, 0) is 20.8 Å². The Morgan fingerprint density at radius 3 is 2.90 bits per heavy atom. The number of thiazole rings is 1. The van der Waals surface area contributed by atoms with Gasteiger partial charge in [-0.25, -0.2) is 9.97 Å². The highest BCUT2D eigenvalue weighted by atomic mass is 32.1. The molecule has 0 saturated carbocycles. The van der Waals surface area contributed by atoms with Crippen LogP contribution in [0.25, 0.3) is 0 Å². The van der Waals surface area contributed by atoms with Crippen molar-refractivity contribution in [3.63, 3.8) is 0 Å². The maximum Gasteiger partial charge on any atom is 0.266 e. The van der Waals surface area contributed by atoms with Crippen LogP contribution in [0.2, 0.25) is 0 Å².